The number of hydrogen-bond acceptors (Lipinski definition) is 2. The molecule has 2 rings (SSSR count). The Bertz CT molecular complexity index is 491. The van der Waals surface area contributed by atoms with Crippen molar-refractivity contribution < 1.29 is 13.6 Å². The SMILES string of the molecule is CC(C)CC1CNCCN1C(=O)c1ccc(F)c(F)c1. The molecule has 0 aromatic heterocycles. The average molecular weight is 282 g/mol. The van der Waals surface area contributed by atoms with Crippen molar-refractivity contribution in [2.75, 3.05) is 19.6 Å². The van der Waals surface area contributed by atoms with Crippen LogP contribution in [0.3, 0.4) is 0 Å². The molecule has 0 radical (unpaired) electrons. The van der Waals surface area contributed by atoms with Crippen LogP contribution in [-0.4, -0.2) is 36.5 Å². The van der Waals surface area contributed by atoms with E-state index in [0.29, 0.717) is 12.5 Å². The number of benzene rings is 1. The van der Waals surface area contributed by atoms with Crippen LogP contribution in [-0.2, 0) is 0 Å². The Labute approximate surface area is 118 Å². The van der Waals surface area contributed by atoms with Crippen molar-refractivity contribution in [1.82, 2.24) is 10.2 Å². The highest BCUT2D eigenvalue weighted by atomic mass is 19.2. The van der Waals surface area contributed by atoms with Crippen LogP contribution < -0.4 is 5.32 Å². The predicted molar refractivity (Wildman–Crippen MR) is 73.5 cm³/mol. The minimum Gasteiger partial charge on any atom is -0.333 e. The molecular weight excluding hydrogens is 262 g/mol. The Morgan fingerprint density at radius 3 is 2.80 bits per heavy atom. The predicted octanol–water partition coefficient (Wildman–Crippen LogP) is 2.42. The smallest absolute Gasteiger partial charge is 0.254 e. The van der Waals surface area contributed by atoms with Gasteiger partial charge in [0.2, 0.25) is 0 Å². The molecule has 0 bridgehead atoms. The molecule has 3 nitrogen and oxygen atoms in total. The number of nitrogens with one attached hydrogen (secondary N) is 1. The molecule has 1 amide bonds. The zero-order chi connectivity index (χ0) is 14.7. The van der Waals surface area contributed by atoms with Gasteiger partial charge in [-0.2, -0.15) is 0 Å². The molecule has 1 aromatic rings. The molecule has 1 N–H and O–H groups in total. The molecule has 5 heteroatoms. The Hall–Kier alpha value is -1.49. The van der Waals surface area contributed by atoms with Crippen molar-refractivity contribution >= 4 is 5.91 Å². The van der Waals surface area contributed by atoms with Crippen molar-refractivity contribution in [3.63, 3.8) is 0 Å². The summed E-state index contributed by atoms with van der Waals surface area (Å²) in [7, 11) is 0. The molecule has 20 heavy (non-hydrogen) atoms. The first-order valence-electron chi connectivity index (χ1n) is 6.95. The molecule has 0 aliphatic carbocycles. The zero-order valence-corrected chi connectivity index (χ0v) is 11.8. The molecule has 1 aliphatic heterocycles. The highest BCUT2D eigenvalue weighted by molar-refractivity contribution is 5.94. The van der Waals surface area contributed by atoms with E-state index in [9.17, 15) is 13.6 Å². The number of rotatable bonds is 3. The molecule has 1 atom stereocenters. The molecular formula is C15H20F2N2O. The van der Waals surface area contributed by atoms with E-state index < -0.39 is 11.6 Å². The van der Waals surface area contributed by atoms with Crippen molar-refractivity contribution in [1.29, 1.82) is 0 Å². The average Bonchev–Trinajstić information content (AvgIpc) is 2.41. The van der Waals surface area contributed by atoms with Gasteiger partial charge in [0.05, 0.1) is 0 Å². The lowest BCUT2D eigenvalue weighted by atomic mass is 10.00. The third-order valence-electron chi connectivity index (χ3n) is 3.52. The Morgan fingerprint density at radius 2 is 2.15 bits per heavy atom. The summed E-state index contributed by atoms with van der Waals surface area (Å²) >= 11 is 0. The first kappa shape index (κ1) is 14.9. The van der Waals surface area contributed by atoms with Crippen molar-refractivity contribution in [3.05, 3.63) is 35.4 Å². The van der Waals surface area contributed by atoms with Gasteiger partial charge in [0.15, 0.2) is 11.6 Å². The Balaban J connectivity index is 2.18. The molecule has 1 unspecified atom stereocenters. The monoisotopic (exact) mass is 282 g/mol. The van der Waals surface area contributed by atoms with E-state index in [4.69, 9.17) is 0 Å². The zero-order valence-electron chi connectivity index (χ0n) is 11.8. The van der Waals surface area contributed by atoms with Crippen LogP contribution in [0.1, 0.15) is 30.6 Å². The normalized spacial score (nSPS) is 19.4. The highest BCUT2D eigenvalue weighted by Gasteiger charge is 2.28. The van der Waals surface area contributed by atoms with Gasteiger partial charge in [-0.25, -0.2) is 8.78 Å². The lowest BCUT2D eigenvalue weighted by Crippen LogP contribution is -2.54. The van der Waals surface area contributed by atoms with E-state index in [1.165, 1.54) is 6.07 Å². The highest BCUT2D eigenvalue weighted by Crippen LogP contribution is 2.18. The van der Waals surface area contributed by atoms with E-state index >= 15 is 0 Å². The van der Waals surface area contributed by atoms with E-state index in [0.717, 1.165) is 31.6 Å². The van der Waals surface area contributed by atoms with Crippen LogP contribution >= 0.6 is 0 Å². The van der Waals surface area contributed by atoms with Gasteiger partial charge < -0.3 is 10.2 Å². The van der Waals surface area contributed by atoms with Gasteiger partial charge in [0, 0.05) is 31.2 Å². The first-order valence-corrected chi connectivity index (χ1v) is 6.95. The second kappa shape index (κ2) is 6.31. The fraction of sp³-hybridized carbons (Fsp3) is 0.533. The van der Waals surface area contributed by atoms with E-state index in [1.54, 1.807) is 4.90 Å². The lowest BCUT2D eigenvalue weighted by Gasteiger charge is -2.37. The number of carbonyl (C=O) groups is 1. The van der Waals surface area contributed by atoms with Gasteiger partial charge in [-0.05, 0) is 30.5 Å². The number of amides is 1. The van der Waals surface area contributed by atoms with Crippen LogP contribution in [0.15, 0.2) is 18.2 Å². The van der Waals surface area contributed by atoms with Gasteiger partial charge in [0.1, 0.15) is 0 Å². The van der Waals surface area contributed by atoms with Crippen LogP contribution in [0, 0.1) is 17.6 Å². The molecule has 0 saturated carbocycles. The standard InChI is InChI=1S/C15H20F2N2O/c1-10(2)7-12-9-18-5-6-19(12)15(20)11-3-4-13(16)14(17)8-11/h3-4,8,10,12,18H,5-7,9H2,1-2H3. The summed E-state index contributed by atoms with van der Waals surface area (Å²) in [5.41, 5.74) is 0.208. The van der Waals surface area contributed by atoms with Gasteiger partial charge in [0.25, 0.3) is 5.91 Å². The summed E-state index contributed by atoms with van der Waals surface area (Å²) in [6.45, 7) is 6.27. The summed E-state index contributed by atoms with van der Waals surface area (Å²) < 4.78 is 26.2. The quantitative estimate of drug-likeness (QED) is 0.923. The maximum absolute atomic E-state index is 13.3. The number of carbonyl (C=O) groups excluding carboxylic acids is 1. The number of nitrogens with zero attached hydrogens (tertiary/aromatic N) is 1. The minimum absolute atomic E-state index is 0.101. The number of hydrogen-bond donors (Lipinski definition) is 1. The first-order chi connectivity index (χ1) is 9.49. The Morgan fingerprint density at radius 1 is 1.40 bits per heavy atom. The molecule has 1 fully saturated rings. The van der Waals surface area contributed by atoms with Gasteiger partial charge in [-0.3, -0.25) is 4.79 Å². The molecule has 1 heterocycles. The fourth-order valence-corrected chi connectivity index (χ4v) is 2.58. The van der Waals surface area contributed by atoms with Crippen LogP contribution in [0.5, 0.6) is 0 Å². The molecule has 1 saturated heterocycles. The summed E-state index contributed by atoms with van der Waals surface area (Å²) in [4.78, 5) is 14.2. The summed E-state index contributed by atoms with van der Waals surface area (Å²) in [5, 5.41) is 3.27. The lowest BCUT2D eigenvalue weighted by molar-refractivity contribution is 0.0609. The second-order valence-electron chi connectivity index (χ2n) is 5.61. The fourth-order valence-electron chi connectivity index (χ4n) is 2.58. The minimum atomic E-state index is -0.980. The second-order valence-corrected chi connectivity index (χ2v) is 5.61. The topological polar surface area (TPSA) is 32.3 Å². The maximum Gasteiger partial charge on any atom is 0.254 e. The van der Waals surface area contributed by atoms with E-state index in [-0.39, 0.29) is 17.5 Å². The van der Waals surface area contributed by atoms with Crippen LogP contribution in [0.25, 0.3) is 0 Å². The third-order valence-corrected chi connectivity index (χ3v) is 3.52. The van der Waals surface area contributed by atoms with Crippen LogP contribution in [0.4, 0.5) is 8.78 Å². The third kappa shape index (κ3) is 3.33. The number of halogens is 2. The Kier molecular flexibility index (Phi) is 4.70. The molecule has 1 aliphatic rings. The molecule has 0 spiro atoms. The van der Waals surface area contributed by atoms with Gasteiger partial charge in [-0.1, -0.05) is 13.8 Å². The van der Waals surface area contributed by atoms with Gasteiger partial charge >= 0.3 is 0 Å². The summed E-state index contributed by atoms with van der Waals surface area (Å²) in [6, 6.07) is 3.42. The maximum atomic E-state index is 13.3. The summed E-state index contributed by atoms with van der Waals surface area (Å²) in [6.07, 6.45) is 0.891. The molecule has 1 aromatic carbocycles. The largest absolute Gasteiger partial charge is 0.333 e. The van der Waals surface area contributed by atoms with Crippen molar-refractivity contribution in [2.24, 2.45) is 5.92 Å². The van der Waals surface area contributed by atoms with E-state index in [1.807, 2.05) is 0 Å². The van der Waals surface area contributed by atoms with E-state index in [2.05, 4.69) is 19.2 Å². The van der Waals surface area contributed by atoms with Crippen LogP contribution in [0.2, 0.25) is 0 Å². The van der Waals surface area contributed by atoms with Crippen molar-refractivity contribution in [2.45, 2.75) is 26.3 Å². The van der Waals surface area contributed by atoms with Gasteiger partial charge in [-0.15, -0.1) is 0 Å². The molecule has 110 valence electrons. The van der Waals surface area contributed by atoms with Crippen molar-refractivity contribution in [3.8, 4) is 0 Å². The summed E-state index contributed by atoms with van der Waals surface area (Å²) in [5.74, 6) is -1.66. The number of piperazine rings is 1.